The van der Waals surface area contributed by atoms with Gasteiger partial charge >= 0.3 is 11.8 Å². The molecule has 0 aliphatic rings. The molecule has 3 aromatic rings. The van der Waals surface area contributed by atoms with Crippen LogP contribution in [0.25, 0.3) is 0 Å². The second-order valence-electron chi connectivity index (χ2n) is 5.83. The van der Waals surface area contributed by atoms with Crippen molar-refractivity contribution < 1.29 is 22.4 Å². The standard InChI is InChI=1S/C19H18N2O5S2/c22-18(20-12-14-6-4-10-26-14)19(23)21-13-17(16-9-5-11-27-16)28(24,25)15-7-2-1-3-8-15/h1-11,17H,12-13H2,(H,20,22)(H,21,23)/t17-/m0/s1. The van der Waals surface area contributed by atoms with Crippen LogP contribution in [0, 0.1) is 0 Å². The fourth-order valence-electron chi connectivity index (χ4n) is 2.54. The first-order valence-electron chi connectivity index (χ1n) is 8.39. The predicted octanol–water partition coefficient (Wildman–Crippen LogP) is 2.29. The summed E-state index contributed by atoms with van der Waals surface area (Å²) in [6.45, 7) is -0.152. The van der Waals surface area contributed by atoms with Crippen molar-refractivity contribution in [1.29, 1.82) is 0 Å². The van der Waals surface area contributed by atoms with Gasteiger partial charge in [-0.25, -0.2) is 8.42 Å². The molecule has 0 unspecified atom stereocenters. The highest BCUT2D eigenvalue weighted by Gasteiger charge is 2.31. The van der Waals surface area contributed by atoms with Gasteiger partial charge in [-0.3, -0.25) is 9.59 Å². The Bertz CT molecular complexity index is 1010. The smallest absolute Gasteiger partial charge is 0.309 e. The summed E-state index contributed by atoms with van der Waals surface area (Å²) in [5, 5.41) is 5.62. The van der Waals surface area contributed by atoms with E-state index in [0.717, 1.165) is 0 Å². The minimum absolute atomic E-state index is 0.0654. The van der Waals surface area contributed by atoms with Gasteiger partial charge in [-0.2, -0.15) is 0 Å². The summed E-state index contributed by atoms with van der Waals surface area (Å²) in [5.41, 5.74) is 0. The molecule has 1 atom stereocenters. The summed E-state index contributed by atoms with van der Waals surface area (Å²) in [6, 6.07) is 14.8. The highest BCUT2D eigenvalue weighted by atomic mass is 32.2. The number of sulfone groups is 1. The summed E-state index contributed by atoms with van der Waals surface area (Å²) in [7, 11) is -3.74. The molecule has 2 amide bonds. The molecule has 2 N–H and O–H groups in total. The SMILES string of the molecule is O=C(NCc1ccco1)C(=O)NC[C@@H](c1cccs1)S(=O)(=O)c1ccccc1. The maximum Gasteiger partial charge on any atom is 0.309 e. The van der Waals surface area contributed by atoms with Crippen molar-refractivity contribution in [2.45, 2.75) is 16.7 Å². The van der Waals surface area contributed by atoms with E-state index in [1.54, 1.807) is 47.8 Å². The minimum atomic E-state index is -3.74. The van der Waals surface area contributed by atoms with E-state index in [0.29, 0.717) is 10.6 Å². The van der Waals surface area contributed by atoms with Crippen molar-refractivity contribution in [2.24, 2.45) is 0 Å². The van der Waals surface area contributed by atoms with Gasteiger partial charge in [0.1, 0.15) is 11.0 Å². The van der Waals surface area contributed by atoms with Crippen LogP contribution in [0.4, 0.5) is 0 Å². The Morgan fingerprint density at radius 3 is 2.36 bits per heavy atom. The number of amides is 2. The molecule has 0 saturated carbocycles. The molecule has 0 radical (unpaired) electrons. The molecule has 0 bridgehead atoms. The molecule has 3 rings (SSSR count). The highest BCUT2D eigenvalue weighted by Crippen LogP contribution is 2.31. The van der Waals surface area contributed by atoms with Crippen LogP contribution in [0.15, 0.2) is 75.6 Å². The van der Waals surface area contributed by atoms with Gasteiger partial charge in [0.2, 0.25) is 0 Å². The Morgan fingerprint density at radius 1 is 0.964 bits per heavy atom. The van der Waals surface area contributed by atoms with Crippen LogP contribution in [-0.2, 0) is 26.0 Å². The molecule has 0 aliphatic carbocycles. The lowest BCUT2D eigenvalue weighted by Crippen LogP contribution is -2.41. The molecular formula is C19H18N2O5S2. The summed E-state index contributed by atoms with van der Waals surface area (Å²) in [4.78, 5) is 24.8. The summed E-state index contributed by atoms with van der Waals surface area (Å²) in [5.74, 6) is -1.26. The molecule has 146 valence electrons. The Hall–Kier alpha value is -2.91. The molecule has 2 heterocycles. The third-order valence-electron chi connectivity index (χ3n) is 3.96. The van der Waals surface area contributed by atoms with E-state index in [-0.39, 0.29) is 18.0 Å². The zero-order valence-electron chi connectivity index (χ0n) is 14.7. The van der Waals surface area contributed by atoms with Gasteiger partial charge < -0.3 is 15.1 Å². The molecular weight excluding hydrogens is 400 g/mol. The lowest BCUT2D eigenvalue weighted by atomic mass is 10.3. The Kier molecular flexibility index (Phi) is 6.27. The van der Waals surface area contributed by atoms with Crippen LogP contribution in [-0.4, -0.2) is 26.8 Å². The fourth-order valence-corrected chi connectivity index (χ4v) is 5.34. The number of benzene rings is 1. The van der Waals surface area contributed by atoms with E-state index in [2.05, 4.69) is 10.6 Å². The quantitative estimate of drug-likeness (QED) is 0.573. The first-order chi connectivity index (χ1) is 13.5. The Morgan fingerprint density at radius 2 is 1.71 bits per heavy atom. The number of furan rings is 1. The van der Waals surface area contributed by atoms with Crippen LogP contribution in [0.5, 0.6) is 0 Å². The molecule has 28 heavy (non-hydrogen) atoms. The summed E-state index contributed by atoms with van der Waals surface area (Å²) < 4.78 is 31.2. The molecule has 7 nitrogen and oxygen atoms in total. The van der Waals surface area contributed by atoms with Crippen LogP contribution < -0.4 is 10.6 Å². The van der Waals surface area contributed by atoms with Crippen molar-refractivity contribution in [2.75, 3.05) is 6.54 Å². The van der Waals surface area contributed by atoms with Crippen LogP contribution in [0.3, 0.4) is 0 Å². The van der Waals surface area contributed by atoms with E-state index in [4.69, 9.17) is 4.42 Å². The van der Waals surface area contributed by atoms with Gasteiger partial charge in [0.05, 0.1) is 17.7 Å². The third kappa shape index (κ3) is 4.68. The highest BCUT2D eigenvalue weighted by molar-refractivity contribution is 7.91. The van der Waals surface area contributed by atoms with Crippen molar-refractivity contribution in [3.8, 4) is 0 Å². The van der Waals surface area contributed by atoms with Gasteiger partial charge in [-0.05, 0) is 35.7 Å². The van der Waals surface area contributed by atoms with E-state index in [1.807, 2.05) is 0 Å². The Labute approximate surface area is 166 Å². The lowest BCUT2D eigenvalue weighted by Gasteiger charge is -2.17. The predicted molar refractivity (Wildman–Crippen MR) is 104 cm³/mol. The second kappa shape index (κ2) is 8.85. The van der Waals surface area contributed by atoms with Crippen LogP contribution in [0.1, 0.15) is 15.9 Å². The normalized spacial score (nSPS) is 12.3. The van der Waals surface area contributed by atoms with Crippen molar-refractivity contribution in [3.05, 3.63) is 76.9 Å². The summed E-state index contributed by atoms with van der Waals surface area (Å²) in [6.07, 6.45) is 1.46. The fraction of sp³-hybridized carbons (Fsp3) is 0.158. The second-order valence-corrected chi connectivity index (χ2v) is 8.94. The van der Waals surface area contributed by atoms with Crippen LogP contribution >= 0.6 is 11.3 Å². The lowest BCUT2D eigenvalue weighted by molar-refractivity contribution is -0.139. The maximum absolute atomic E-state index is 13.0. The molecule has 0 aliphatic heterocycles. The number of thiophene rings is 1. The molecule has 9 heteroatoms. The number of hydrogen-bond donors (Lipinski definition) is 2. The van der Waals surface area contributed by atoms with E-state index in [1.165, 1.54) is 29.7 Å². The largest absolute Gasteiger partial charge is 0.467 e. The molecule has 0 fully saturated rings. The topological polar surface area (TPSA) is 105 Å². The van der Waals surface area contributed by atoms with E-state index >= 15 is 0 Å². The average molecular weight is 418 g/mol. The molecule has 2 aromatic heterocycles. The number of carbonyl (C=O) groups excluding carboxylic acids is 2. The molecule has 1 aromatic carbocycles. The maximum atomic E-state index is 13.0. The van der Waals surface area contributed by atoms with Gasteiger partial charge in [0, 0.05) is 11.4 Å². The monoisotopic (exact) mass is 418 g/mol. The first kappa shape index (κ1) is 19.8. The minimum Gasteiger partial charge on any atom is -0.467 e. The van der Waals surface area contributed by atoms with Crippen molar-refractivity contribution >= 4 is 33.0 Å². The Balaban J connectivity index is 1.69. The van der Waals surface area contributed by atoms with E-state index in [9.17, 15) is 18.0 Å². The zero-order chi connectivity index (χ0) is 20.0. The van der Waals surface area contributed by atoms with Gasteiger partial charge in [-0.1, -0.05) is 24.3 Å². The molecule has 0 spiro atoms. The van der Waals surface area contributed by atoms with Gasteiger partial charge in [-0.15, -0.1) is 11.3 Å². The van der Waals surface area contributed by atoms with Crippen LogP contribution in [0.2, 0.25) is 0 Å². The average Bonchev–Trinajstić information content (AvgIpc) is 3.41. The first-order valence-corrected chi connectivity index (χ1v) is 10.8. The summed E-state index contributed by atoms with van der Waals surface area (Å²) >= 11 is 1.28. The van der Waals surface area contributed by atoms with Crippen molar-refractivity contribution in [3.63, 3.8) is 0 Å². The van der Waals surface area contributed by atoms with Gasteiger partial charge in [0.15, 0.2) is 9.84 Å². The molecule has 0 saturated heterocycles. The number of nitrogens with one attached hydrogen (secondary N) is 2. The van der Waals surface area contributed by atoms with E-state index < -0.39 is 26.9 Å². The third-order valence-corrected chi connectivity index (χ3v) is 7.20. The number of hydrogen-bond acceptors (Lipinski definition) is 6. The van der Waals surface area contributed by atoms with Crippen molar-refractivity contribution in [1.82, 2.24) is 10.6 Å². The number of rotatable bonds is 7. The zero-order valence-corrected chi connectivity index (χ0v) is 16.3. The number of carbonyl (C=O) groups is 2. The van der Waals surface area contributed by atoms with Gasteiger partial charge in [0.25, 0.3) is 0 Å².